The highest BCUT2D eigenvalue weighted by molar-refractivity contribution is 4.83. The molecule has 0 spiro atoms. The van der Waals surface area contributed by atoms with E-state index in [0.29, 0.717) is 12.1 Å². The summed E-state index contributed by atoms with van der Waals surface area (Å²) >= 11 is 0. The minimum absolute atomic E-state index is 0.690. The summed E-state index contributed by atoms with van der Waals surface area (Å²) in [7, 11) is 2.29. The molecule has 0 bridgehead atoms. The molecule has 0 amide bonds. The Balaban J connectivity index is 2.46. The van der Waals surface area contributed by atoms with Gasteiger partial charge in [-0.1, -0.05) is 13.8 Å². The maximum Gasteiger partial charge on any atom is 0.0122 e. The van der Waals surface area contributed by atoms with Crippen LogP contribution in [0.15, 0.2) is 0 Å². The lowest BCUT2D eigenvalue weighted by Crippen LogP contribution is -2.49. The molecule has 2 nitrogen and oxygen atoms in total. The second-order valence-electron chi connectivity index (χ2n) is 5.18. The largest absolute Gasteiger partial charge is 0.314 e. The van der Waals surface area contributed by atoms with Gasteiger partial charge >= 0.3 is 0 Å². The molecule has 14 heavy (non-hydrogen) atoms. The molecular weight excluding hydrogens is 172 g/mol. The van der Waals surface area contributed by atoms with Crippen LogP contribution in [0.5, 0.6) is 0 Å². The molecule has 0 saturated carbocycles. The summed E-state index contributed by atoms with van der Waals surface area (Å²) in [4.78, 5) is 2.57. The van der Waals surface area contributed by atoms with Gasteiger partial charge < -0.3 is 10.2 Å². The molecule has 1 aliphatic rings. The Bertz CT molecular complexity index is 168. The molecule has 0 aromatic carbocycles. The molecule has 1 aliphatic heterocycles. The highest BCUT2D eigenvalue weighted by atomic mass is 15.2. The van der Waals surface area contributed by atoms with Crippen LogP contribution in [-0.2, 0) is 0 Å². The van der Waals surface area contributed by atoms with Crippen LogP contribution in [0, 0.1) is 5.92 Å². The van der Waals surface area contributed by atoms with Crippen molar-refractivity contribution in [2.75, 3.05) is 13.6 Å². The molecule has 1 fully saturated rings. The highest BCUT2D eigenvalue weighted by Crippen LogP contribution is 2.19. The zero-order valence-electron chi connectivity index (χ0n) is 10.4. The molecule has 1 saturated heterocycles. The second kappa shape index (κ2) is 5.13. The van der Waals surface area contributed by atoms with Crippen molar-refractivity contribution < 1.29 is 0 Å². The molecule has 0 aromatic heterocycles. The van der Waals surface area contributed by atoms with Gasteiger partial charge in [0, 0.05) is 18.1 Å². The predicted molar refractivity (Wildman–Crippen MR) is 62.5 cm³/mol. The molecule has 0 aromatic rings. The van der Waals surface area contributed by atoms with Gasteiger partial charge in [-0.3, -0.25) is 0 Å². The van der Waals surface area contributed by atoms with Gasteiger partial charge in [-0.05, 0) is 46.2 Å². The quantitative estimate of drug-likeness (QED) is 0.747. The number of nitrogens with zero attached hydrogens (tertiary/aromatic N) is 1. The lowest BCUT2D eigenvalue weighted by Gasteiger charge is -2.39. The molecule has 1 N–H and O–H groups in total. The molecule has 1 rings (SSSR count). The van der Waals surface area contributed by atoms with Crippen LogP contribution in [0.1, 0.15) is 40.5 Å². The van der Waals surface area contributed by atoms with E-state index >= 15 is 0 Å². The topological polar surface area (TPSA) is 15.3 Å². The summed E-state index contributed by atoms with van der Waals surface area (Å²) in [5.74, 6) is 0.755. The van der Waals surface area contributed by atoms with Crippen LogP contribution >= 0.6 is 0 Å². The van der Waals surface area contributed by atoms with E-state index in [4.69, 9.17) is 0 Å². The summed E-state index contributed by atoms with van der Waals surface area (Å²) in [6, 6.07) is 2.17. The van der Waals surface area contributed by atoms with E-state index in [1.54, 1.807) is 0 Å². The maximum absolute atomic E-state index is 3.51. The summed E-state index contributed by atoms with van der Waals surface area (Å²) in [6.07, 6.45) is 2.60. The average molecular weight is 198 g/mol. The first-order chi connectivity index (χ1) is 6.52. The van der Waals surface area contributed by atoms with Crippen molar-refractivity contribution in [3.05, 3.63) is 0 Å². The van der Waals surface area contributed by atoms with Gasteiger partial charge in [0.1, 0.15) is 0 Å². The molecule has 3 unspecified atom stereocenters. The van der Waals surface area contributed by atoms with Crippen molar-refractivity contribution in [1.82, 2.24) is 10.2 Å². The lowest BCUT2D eigenvalue weighted by molar-refractivity contribution is 0.112. The highest BCUT2D eigenvalue weighted by Gasteiger charge is 2.25. The standard InChI is InChI=1S/C12H26N2/c1-9(2)11(4)14(5)12-6-7-13-10(3)8-12/h9-13H,6-8H2,1-5H3. The van der Waals surface area contributed by atoms with Crippen LogP contribution in [0.3, 0.4) is 0 Å². The Labute approximate surface area is 89.1 Å². The fraction of sp³-hybridized carbons (Fsp3) is 1.00. The third kappa shape index (κ3) is 2.96. The first-order valence-corrected chi connectivity index (χ1v) is 5.97. The Morgan fingerprint density at radius 1 is 1.29 bits per heavy atom. The second-order valence-corrected chi connectivity index (χ2v) is 5.18. The smallest absolute Gasteiger partial charge is 0.0122 e. The van der Waals surface area contributed by atoms with E-state index < -0.39 is 0 Å². The van der Waals surface area contributed by atoms with Gasteiger partial charge in [0.15, 0.2) is 0 Å². The third-order valence-electron chi connectivity index (χ3n) is 3.78. The predicted octanol–water partition coefficient (Wildman–Crippen LogP) is 2.10. The van der Waals surface area contributed by atoms with Gasteiger partial charge in [0.05, 0.1) is 0 Å². The summed E-state index contributed by atoms with van der Waals surface area (Å²) in [6.45, 7) is 10.4. The van der Waals surface area contributed by atoms with Crippen molar-refractivity contribution in [3.63, 3.8) is 0 Å². The van der Waals surface area contributed by atoms with E-state index in [1.165, 1.54) is 19.4 Å². The van der Waals surface area contributed by atoms with E-state index in [1.807, 2.05) is 0 Å². The number of hydrogen-bond acceptors (Lipinski definition) is 2. The molecule has 0 aliphatic carbocycles. The third-order valence-corrected chi connectivity index (χ3v) is 3.78. The van der Waals surface area contributed by atoms with Crippen molar-refractivity contribution in [1.29, 1.82) is 0 Å². The molecule has 2 heteroatoms. The Morgan fingerprint density at radius 3 is 2.43 bits per heavy atom. The first kappa shape index (κ1) is 12.0. The van der Waals surface area contributed by atoms with Crippen LogP contribution in [0.25, 0.3) is 0 Å². The zero-order chi connectivity index (χ0) is 10.7. The number of hydrogen-bond donors (Lipinski definition) is 1. The molecule has 0 radical (unpaired) electrons. The van der Waals surface area contributed by atoms with Gasteiger partial charge in [0.2, 0.25) is 0 Å². The van der Waals surface area contributed by atoms with Gasteiger partial charge in [-0.25, -0.2) is 0 Å². The normalized spacial score (nSPS) is 31.1. The zero-order valence-corrected chi connectivity index (χ0v) is 10.4. The SMILES string of the molecule is CC1CC(N(C)C(C)C(C)C)CCN1. The minimum Gasteiger partial charge on any atom is -0.314 e. The van der Waals surface area contributed by atoms with Crippen molar-refractivity contribution in [2.45, 2.75) is 58.7 Å². The fourth-order valence-corrected chi connectivity index (χ4v) is 2.28. The average Bonchev–Trinajstić information content (AvgIpc) is 2.15. The maximum atomic E-state index is 3.51. The van der Waals surface area contributed by atoms with Gasteiger partial charge in [-0.15, -0.1) is 0 Å². The number of nitrogens with one attached hydrogen (secondary N) is 1. The van der Waals surface area contributed by atoms with Crippen LogP contribution in [0.2, 0.25) is 0 Å². The van der Waals surface area contributed by atoms with Gasteiger partial charge in [-0.2, -0.15) is 0 Å². The number of rotatable bonds is 3. The van der Waals surface area contributed by atoms with E-state index in [2.05, 4.69) is 45.0 Å². The van der Waals surface area contributed by atoms with Crippen LogP contribution in [0.4, 0.5) is 0 Å². The molecule has 84 valence electrons. The van der Waals surface area contributed by atoms with Crippen molar-refractivity contribution in [3.8, 4) is 0 Å². The first-order valence-electron chi connectivity index (χ1n) is 5.97. The van der Waals surface area contributed by atoms with E-state index in [-0.39, 0.29) is 0 Å². The Kier molecular flexibility index (Phi) is 4.39. The summed E-state index contributed by atoms with van der Waals surface area (Å²) in [5.41, 5.74) is 0. The van der Waals surface area contributed by atoms with Crippen LogP contribution in [-0.4, -0.2) is 36.6 Å². The van der Waals surface area contributed by atoms with E-state index in [0.717, 1.165) is 12.0 Å². The summed E-state index contributed by atoms with van der Waals surface area (Å²) in [5, 5.41) is 3.51. The van der Waals surface area contributed by atoms with Crippen molar-refractivity contribution in [2.24, 2.45) is 5.92 Å². The fourth-order valence-electron chi connectivity index (χ4n) is 2.28. The Morgan fingerprint density at radius 2 is 1.93 bits per heavy atom. The molecular formula is C12H26N2. The monoisotopic (exact) mass is 198 g/mol. The lowest BCUT2D eigenvalue weighted by atomic mass is 9.95. The summed E-state index contributed by atoms with van der Waals surface area (Å²) < 4.78 is 0. The van der Waals surface area contributed by atoms with Gasteiger partial charge in [0.25, 0.3) is 0 Å². The van der Waals surface area contributed by atoms with Crippen molar-refractivity contribution >= 4 is 0 Å². The van der Waals surface area contributed by atoms with E-state index in [9.17, 15) is 0 Å². The minimum atomic E-state index is 0.690. The molecule has 3 atom stereocenters. The molecule has 1 heterocycles. The Hall–Kier alpha value is -0.0800. The number of piperidine rings is 1. The van der Waals surface area contributed by atoms with Crippen LogP contribution < -0.4 is 5.32 Å².